The summed E-state index contributed by atoms with van der Waals surface area (Å²) in [6, 6.07) is 0. The molecule has 0 heterocycles. The summed E-state index contributed by atoms with van der Waals surface area (Å²) in [5, 5.41) is 0. The molecule has 0 radical (unpaired) electrons. The number of rotatable bonds is 5. The van der Waals surface area contributed by atoms with Gasteiger partial charge in [0.25, 0.3) is 0 Å². The Labute approximate surface area is 76.0 Å². The number of hydrogen-bond donors (Lipinski definition) is 1. The monoisotopic (exact) mass is 167 g/mol. The van der Waals surface area contributed by atoms with Gasteiger partial charge in [0.1, 0.15) is 0 Å². The molecule has 1 heteroatoms. The van der Waals surface area contributed by atoms with Crippen molar-refractivity contribution >= 4 is 0 Å². The summed E-state index contributed by atoms with van der Waals surface area (Å²) in [6.07, 6.45) is 8.48. The van der Waals surface area contributed by atoms with Crippen LogP contribution in [-0.4, -0.2) is 6.54 Å². The Morgan fingerprint density at radius 3 is 2.58 bits per heavy atom. The van der Waals surface area contributed by atoms with Gasteiger partial charge >= 0.3 is 0 Å². The highest BCUT2D eigenvalue weighted by Gasteiger charge is 2.39. The summed E-state index contributed by atoms with van der Waals surface area (Å²) in [4.78, 5) is 0. The summed E-state index contributed by atoms with van der Waals surface area (Å²) in [5.41, 5.74) is 6.21. The summed E-state index contributed by atoms with van der Waals surface area (Å²) in [6.45, 7) is 6.96. The molecule has 0 amide bonds. The maximum atomic E-state index is 5.62. The van der Waals surface area contributed by atoms with Gasteiger partial charge in [0.2, 0.25) is 0 Å². The van der Waals surface area contributed by atoms with E-state index in [1.807, 2.05) is 6.08 Å². The third kappa shape index (κ3) is 2.10. The van der Waals surface area contributed by atoms with Crippen molar-refractivity contribution in [1.82, 2.24) is 0 Å². The molecule has 70 valence electrons. The lowest BCUT2D eigenvalue weighted by Crippen LogP contribution is -2.37. The SMILES string of the molecule is C=CCCC1(CCN)CC(C)C1. The summed E-state index contributed by atoms with van der Waals surface area (Å²) in [7, 11) is 0. The molecule has 1 nitrogen and oxygen atoms in total. The third-order valence-electron chi connectivity index (χ3n) is 3.12. The van der Waals surface area contributed by atoms with E-state index in [1.54, 1.807) is 0 Å². The molecule has 0 bridgehead atoms. The van der Waals surface area contributed by atoms with Gasteiger partial charge in [0, 0.05) is 0 Å². The third-order valence-corrected chi connectivity index (χ3v) is 3.12. The maximum absolute atomic E-state index is 5.62. The van der Waals surface area contributed by atoms with E-state index < -0.39 is 0 Å². The van der Waals surface area contributed by atoms with Gasteiger partial charge in [0.05, 0.1) is 0 Å². The molecule has 1 aliphatic carbocycles. The zero-order valence-electron chi connectivity index (χ0n) is 8.18. The zero-order chi connectivity index (χ0) is 9.03. The van der Waals surface area contributed by atoms with Gasteiger partial charge in [-0.1, -0.05) is 13.0 Å². The zero-order valence-corrected chi connectivity index (χ0v) is 8.18. The summed E-state index contributed by atoms with van der Waals surface area (Å²) in [5.74, 6) is 0.932. The van der Waals surface area contributed by atoms with Gasteiger partial charge in [-0.25, -0.2) is 0 Å². The van der Waals surface area contributed by atoms with Gasteiger partial charge < -0.3 is 5.73 Å². The van der Waals surface area contributed by atoms with Crippen LogP contribution in [0.15, 0.2) is 12.7 Å². The van der Waals surface area contributed by atoms with Crippen LogP contribution in [0, 0.1) is 11.3 Å². The Morgan fingerprint density at radius 1 is 1.50 bits per heavy atom. The normalized spacial score (nSPS) is 34.3. The lowest BCUT2D eigenvalue weighted by molar-refractivity contribution is 0.0496. The smallest absolute Gasteiger partial charge is 0.00720 e. The Bertz CT molecular complexity index is 140. The molecule has 2 N–H and O–H groups in total. The lowest BCUT2D eigenvalue weighted by atomic mass is 9.59. The first-order chi connectivity index (χ1) is 5.72. The maximum Gasteiger partial charge on any atom is -0.00720 e. The minimum absolute atomic E-state index is 0.600. The molecule has 0 aliphatic heterocycles. The van der Waals surface area contributed by atoms with E-state index in [1.165, 1.54) is 25.7 Å². The highest BCUT2D eigenvalue weighted by Crippen LogP contribution is 2.50. The Balaban J connectivity index is 2.33. The fraction of sp³-hybridized carbons (Fsp3) is 0.818. The summed E-state index contributed by atoms with van der Waals surface area (Å²) < 4.78 is 0. The fourth-order valence-corrected chi connectivity index (χ4v) is 2.67. The highest BCUT2D eigenvalue weighted by atomic mass is 14.6. The molecule has 1 rings (SSSR count). The number of allylic oxidation sites excluding steroid dienone is 1. The quantitative estimate of drug-likeness (QED) is 0.626. The number of hydrogen-bond acceptors (Lipinski definition) is 1. The van der Waals surface area contributed by atoms with Crippen molar-refractivity contribution in [1.29, 1.82) is 0 Å². The molecule has 0 saturated heterocycles. The standard InChI is InChI=1S/C11H21N/c1-3-4-5-11(6-7-12)8-10(2)9-11/h3,10H,1,4-9,12H2,2H3. The second kappa shape index (κ2) is 4.08. The highest BCUT2D eigenvalue weighted by molar-refractivity contribution is 4.93. The Hall–Kier alpha value is -0.300. The summed E-state index contributed by atoms with van der Waals surface area (Å²) >= 11 is 0. The topological polar surface area (TPSA) is 26.0 Å². The molecule has 0 aromatic heterocycles. The van der Waals surface area contributed by atoms with Gasteiger partial charge in [-0.05, 0) is 50.0 Å². The van der Waals surface area contributed by atoms with Crippen LogP contribution in [0.1, 0.15) is 39.0 Å². The van der Waals surface area contributed by atoms with Gasteiger partial charge in [-0.3, -0.25) is 0 Å². The molecule has 0 atom stereocenters. The first-order valence-electron chi connectivity index (χ1n) is 5.03. The van der Waals surface area contributed by atoms with E-state index in [0.717, 1.165) is 18.9 Å². The average molecular weight is 167 g/mol. The molecule has 0 spiro atoms. The van der Waals surface area contributed by atoms with Crippen LogP contribution < -0.4 is 5.73 Å². The van der Waals surface area contributed by atoms with Crippen molar-refractivity contribution in [3.8, 4) is 0 Å². The molecule has 1 aliphatic rings. The van der Waals surface area contributed by atoms with Crippen LogP contribution in [0.3, 0.4) is 0 Å². The minimum atomic E-state index is 0.600. The number of nitrogens with two attached hydrogens (primary N) is 1. The molecule has 1 saturated carbocycles. The minimum Gasteiger partial charge on any atom is -0.330 e. The molecule has 0 unspecified atom stereocenters. The lowest BCUT2D eigenvalue weighted by Gasteiger charge is -2.47. The van der Waals surface area contributed by atoms with Gasteiger partial charge in [0.15, 0.2) is 0 Å². The molecule has 0 aromatic rings. The van der Waals surface area contributed by atoms with Crippen molar-refractivity contribution in [2.24, 2.45) is 17.1 Å². The van der Waals surface area contributed by atoms with Crippen LogP contribution in [0.5, 0.6) is 0 Å². The Kier molecular flexibility index (Phi) is 3.33. The van der Waals surface area contributed by atoms with Gasteiger partial charge in [-0.15, -0.1) is 6.58 Å². The van der Waals surface area contributed by atoms with Crippen molar-refractivity contribution in [2.75, 3.05) is 6.54 Å². The van der Waals surface area contributed by atoms with E-state index in [4.69, 9.17) is 5.73 Å². The van der Waals surface area contributed by atoms with Crippen LogP contribution in [0.25, 0.3) is 0 Å². The van der Waals surface area contributed by atoms with Crippen LogP contribution in [0.2, 0.25) is 0 Å². The first kappa shape index (κ1) is 9.79. The van der Waals surface area contributed by atoms with Crippen LogP contribution >= 0.6 is 0 Å². The largest absolute Gasteiger partial charge is 0.330 e. The van der Waals surface area contributed by atoms with Gasteiger partial charge in [-0.2, -0.15) is 0 Å². The van der Waals surface area contributed by atoms with E-state index in [9.17, 15) is 0 Å². The molecular weight excluding hydrogens is 146 g/mol. The molecule has 1 fully saturated rings. The van der Waals surface area contributed by atoms with Crippen molar-refractivity contribution in [3.05, 3.63) is 12.7 Å². The fourth-order valence-electron chi connectivity index (χ4n) is 2.67. The molecule has 12 heavy (non-hydrogen) atoms. The Morgan fingerprint density at radius 2 is 2.17 bits per heavy atom. The van der Waals surface area contributed by atoms with Crippen LogP contribution in [-0.2, 0) is 0 Å². The van der Waals surface area contributed by atoms with E-state index in [-0.39, 0.29) is 0 Å². The predicted octanol–water partition coefficient (Wildman–Crippen LogP) is 2.72. The second-order valence-corrected chi connectivity index (χ2v) is 4.38. The predicted molar refractivity (Wildman–Crippen MR) is 53.9 cm³/mol. The molecule has 0 aromatic carbocycles. The van der Waals surface area contributed by atoms with E-state index >= 15 is 0 Å². The van der Waals surface area contributed by atoms with Crippen molar-refractivity contribution < 1.29 is 0 Å². The van der Waals surface area contributed by atoms with Crippen LogP contribution in [0.4, 0.5) is 0 Å². The van der Waals surface area contributed by atoms with E-state index in [2.05, 4.69) is 13.5 Å². The van der Waals surface area contributed by atoms with E-state index in [0.29, 0.717) is 5.41 Å². The van der Waals surface area contributed by atoms with Crippen molar-refractivity contribution in [2.45, 2.75) is 39.0 Å². The first-order valence-corrected chi connectivity index (χ1v) is 5.03. The second-order valence-electron chi connectivity index (χ2n) is 4.38. The average Bonchev–Trinajstić information content (AvgIpc) is 1.98. The van der Waals surface area contributed by atoms with Crippen molar-refractivity contribution in [3.63, 3.8) is 0 Å². The molecular formula is C11H21N.